The van der Waals surface area contributed by atoms with E-state index in [4.69, 9.17) is 4.74 Å². The molecular formula is C36H35F3OS. The molecule has 0 spiro atoms. The Balaban J connectivity index is 1.12. The normalized spacial score (nSPS) is 13.5. The number of hydrogen-bond donors (Lipinski definition) is 0. The highest BCUT2D eigenvalue weighted by Crippen LogP contribution is 2.40. The maximum absolute atomic E-state index is 12.7. The van der Waals surface area contributed by atoms with Gasteiger partial charge in [-0.15, -0.1) is 0 Å². The standard InChI is InChI=1S/C36H35F3OS/c37-36(38,39)31-20-16-27(17-21-31)26-41-25-8-2-7-24-40-32-22-18-30(19-23-32)35-33-14-6-5-12-29(33)13-9-15-34(35)28-10-3-1-4-11-28/h1,3-6,10-12,14,16-23H,2,7-9,13,15,24-26H2. The minimum atomic E-state index is -4.28. The van der Waals surface area contributed by atoms with Crippen LogP contribution in [0.5, 0.6) is 5.75 Å². The first-order valence-corrected chi connectivity index (χ1v) is 15.5. The average molecular weight is 573 g/mol. The maximum atomic E-state index is 12.7. The lowest BCUT2D eigenvalue weighted by Gasteiger charge is -2.17. The molecule has 1 nitrogen and oxygen atoms in total. The van der Waals surface area contributed by atoms with Gasteiger partial charge in [-0.05, 0) is 108 Å². The summed E-state index contributed by atoms with van der Waals surface area (Å²) in [6.07, 6.45) is 2.09. The Bertz CT molecular complexity index is 1420. The molecule has 0 amide bonds. The van der Waals surface area contributed by atoms with Gasteiger partial charge in [-0.3, -0.25) is 0 Å². The molecule has 1 aliphatic carbocycles. The highest BCUT2D eigenvalue weighted by molar-refractivity contribution is 7.98. The number of benzene rings is 4. The van der Waals surface area contributed by atoms with E-state index in [-0.39, 0.29) is 0 Å². The second-order valence-electron chi connectivity index (χ2n) is 10.4. The maximum Gasteiger partial charge on any atom is 0.416 e. The van der Waals surface area contributed by atoms with Crippen LogP contribution in [0.2, 0.25) is 0 Å². The number of thioether (sulfide) groups is 1. The molecule has 4 aromatic carbocycles. The largest absolute Gasteiger partial charge is 0.494 e. The number of fused-ring (bicyclic) bond motifs is 1. The molecule has 0 unspecified atom stereocenters. The van der Waals surface area contributed by atoms with E-state index in [1.807, 2.05) is 0 Å². The number of ether oxygens (including phenoxy) is 1. The van der Waals surface area contributed by atoms with E-state index < -0.39 is 11.7 Å². The van der Waals surface area contributed by atoms with Crippen LogP contribution in [0.15, 0.2) is 103 Å². The highest BCUT2D eigenvalue weighted by atomic mass is 32.2. The first-order valence-electron chi connectivity index (χ1n) is 14.3. The zero-order valence-electron chi connectivity index (χ0n) is 23.1. The molecule has 0 atom stereocenters. The van der Waals surface area contributed by atoms with Crippen LogP contribution in [-0.4, -0.2) is 12.4 Å². The van der Waals surface area contributed by atoms with Gasteiger partial charge in [-0.2, -0.15) is 24.9 Å². The van der Waals surface area contributed by atoms with E-state index in [0.29, 0.717) is 6.61 Å². The molecule has 0 fully saturated rings. The van der Waals surface area contributed by atoms with Gasteiger partial charge in [0.15, 0.2) is 0 Å². The first kappa shape index (κ1) is 29.1. The molecule has 5 rings (SSSR count). The zero-order chi connectivity index (χ0) is 28.5. The lowest BCUT2D eigenvalue weighted by Crippen LogP contribution is -2.04. The minimum absolute atomic E-state index is 0.593. The van der Waals surface area contributed by atoms with Crippen molar-refractivity contribution in [2.45, 2.75) is 50.5 Å². The van der Waals surface area contributed by atoms with Gasteiger partial charge in [0.25, 0.3) is 0 Å². The summed E-state index contributed by atoms with van der Waals surface area (Å²) in [7, 11) is 0. The van der Waals surface area contributed by atoms with E-state index in [0.717, 1.165) is 73.5 Å². The van der Waals surface area contributed by atoms with E-state index in [1.54, 1.807) is 23.9 Å². The molecule has 4 aromatic rings. The van der Waals surface area contributed by atoms with Crippen molar-refractivity contribution in [2.75, 3.05) is 12.4 Å². The Labute approximate surface area is 245 Å². The van der Waals surface area contributed by atoms with Crippen molar-refractivity contribution < 1.29 is 17.9 Å². The van der Waals surface area contributed by atoms with Crippen LogP contribution in [0, 0.1) is 0 Å². The van der Waals surface area contributed by atoms with Gasteiger partial charge in [0.2, 0.25) is 0 Å². The van der Waals surface area contributed by atoms with E-state index in [2.05, 4.69) is 78.9 Å². The summed E-state index contributed by atoms with van der Waals surface area (Å²) < 4.78 is 44.1. The smallest absolute Gasteiger partial charge is 0.416 e. The van der Waals surface area contributed by atoms with Gasteiger partial charge in [-0.1, -0.05) is 78.9 Å². The van der Waals surface area contributed by atoms with Crippen LogP contribution in [0.3, 0.4) is 0 Å². The molecule has 0 aliphatic heterocycles. The summed E-state index contributed by atoms with van der Waals surface area (Å²) in [4.78, 5) is 0. The third-order valence-corrected chi connectivity index (χ3v) is 8.59. The molecule has 212 valence electrons. The average Bonchev–Trinajstić information content (AvgIpc) is 3.19. The molecule has 0 saturated heterocycles. The molecule has 0 radical (unpaired) electrons. The number of hydrogen-bond acceptors (Lipinski definition) is 2. The summed E-state index contributed by atoms with van der Waals surface area (Å²) in [5.74, 6) is 2.60. The van der Waals surface area contributed by atoms with Crippen molar-refractivity contribution in [1.82, 2.24) is 0 Å². The third-order valence-electron chi connectivity index (χ3n) is 7.48. The fraction of sp³-hybridized carbons (Fsp3) is 0.278. The van der Waals surface area contributed by atoms with Crippen LogP contribution in [-0.2, 0) is 18.3 Å². The van der Waals surface area contributed by atoms with Gasteiger partial charge in [0.1, 0.15) is 5.75 Å². The van der Waals surface area contributed by atoms with E-state index in [9.17, 15) is 13.2 Å². The second-order valence-corrected chi connectivity index (χ2v) is 11.5. The third kappa shape index (κ3) is 7.85. The van der Waals surface area contributed by atoms with Gasteiger partial charge in [-0.25, -0.2) is 0 Å². The lowest BCUT2D eigenvalue weighted by atomic mass is 9.88. The first-order chi connectivity index (χ1) is 20.0. The Morgan fingerprint density at radius 1 is 0.683 bits per heavy atom. The molecule has 0 heterocycles. The lowest BCUT2D eigenvalue weighted by molar-refractivity contribution is -0.137. The summed E-state index contributed by atoms with van der Waals surface area (Å²) in [5, 5.41) is 0. The number of unbranched alkanes of at least 4 members (excludes halogenated alkanes) is 2. The number of allylic oxidation sites excluding steroid dienone is 1. The van der Waals surface area contributed by atoms with E-state index in [1.165, 1.54) is 33.4 Å². The van der Waals surface area contributed by atoms with Crippen molar-refractivity contribution >= 4 is 22.9 Å². The van der Waals surface area contributed by atoms with Crippen LogP contribution < -0.4 is 4.74 Å². The predicted octanol–water partition coefficient (Wildman–Crippen LogP) is 10.5. The topological polar surface area (TPSA) is 9.23 Å². The molecule has 1 aliphatic rings. The summed E-state index contributed by atoms with van der Waals surface area (Å²) >= 11 is 1.76. The number of alkyl halides is 3. The van der Waals surface area contributed by atoms with Crippen LogP contribution in [0.1, 0.15) is 65.5 Å². The van der Waals surface area contributed by atoms with Crippen LogP contribution in [0.25, 0.3) is 11.1 Å². The fourth-order valence-corrected chi connectivity index (χ4v) is 6.33. The van der Waals surface area contributed by atoms with Crippen molar-refractivity contribution in [1.29, 1.82) is 0 Å². The van der Waals surface area contributed by atoms with Crippen LogP contribution in [0.4, 0.5) is 13.2 Å². The fourth-order valence-electron chi connectivity index (χ4n) is 5.35. The molecule has 41 heavy (non-hydrogen) atoms. The van der Waals surface area contributed by atoms with E-state index >= 15 is 0 Å². The zero-order valence-corrected chi connectivity index (χ0v) is 23.9. The summed E-state index contributed by atoms with van der Waals surface area (Å²) in [5.41, 5.74) is 8.30. The molecular weight excluding hydrogens is 537 g/mol. The number of aryl methyl sites for hydroxylation is 1. The van der Waals surface area contributed by atoms with Crippen molar-refractivity contribution in [2.24, 2.45) is 0 Å². The minimum Gasteiger partial charge on any atom is -0.494 e. The number of rotatable bonds is 11. The van der Waals surface area contributed by atoms with Crippen molar-refractivity contribution in [3.8, 4) is 5.75 Å². The molecule has 0 saturated carbocycles. The SMILES string of the molecule is FC(F)(F)c1ccc(CSCCCCCOc2ccc(C3=C(c4ccccc4)CCCc4ccccc43)cc2)cc1. The molecule has 5 heteroatoms. The monoisotopic (exact) mass is 572 g/mol. The Kier molecular flexibility index (Phi) is 9.89. The second kappa shape index (κ2) is 14.0. The predicted molar refractivity (Wildman–Crippen MR) is 165 cm³/mol. The summed E-state index contributed by atoms with van der Waals surface area (Å²) in [6, 6.07) is 33.5. The Morgan fingerprint density at radius 3 is 2.17 bits per heavy atom. The highest BCUT2D eigenvalue weighted by Gasteiger charge is 2.29. The van der Waals surface area contributed by atoms with Gasteiger partial charge in [0, 0.05) is 5.75 Å². The van der Waals surface area contributed by atoms with Gasteiger partial charge >= 0.3 is 6.18 Å². The Hall–Kier alpha value is -3.44. The van der Waals surface area contributed by atoms with Crippen molar-refractivity contribution in [3.05, 3.63) is 137 Å². The molecule has 0 bridgehead atoms. The van der Waals surface area contributed by atoms with Crippen LogP contribution >= 0.6 is 11.8 Å². The summed E-state index contributed by atoms with van der Waals surface area (Å²) in [6.45, 7) is 0.670. The van der Waals surface area contributed by atoms with Crippen molar-refractivity contribution in [3.63, 3.8) is 0 Å². The number of halogens is 3. The van der Waals surface area contributed by atoms with Gasteiger partial charge in [0.05, 0.1) is 12.2 Å². The molecule has 0 N–H and O–H groups in total. The quantitative estimate of drug-likeness (QED) is 0.165. The Morgan fingerprint density at radius 2 is 1.41 bits per heavy atom. The van der Waals surface area contributed by atoms with Gasteiger partial charge < -0.3 is 4.74 Å². The molecule has 0 aromatic heterocycles.